The second-order valence-corrected chi connectivity index (χ2v) is 2.93. The summed E-state index contributed by atoms with van der Waals surface area (Å²) >= 11 is 2.65. The van der Waals surface area contributed by atoms with Gasteiger partial charge in [0.05, 0.1) is 0 Å². The Morgan fingerprint density at radius 1 is 1.20 bits per heavy atom. The Hall–Kier alpha value is -0.708. The lowest BCUT2D eigenvalue weighted by atomic mass is 10.3. The molecule has 0 aliphatic heterocycles. The molecule has 2 rings (SSSR count). The van der Waals surface area contributed by atoms with Crippen LogP contribution in [0.4, 0.5) is 0 Å². The van der Waals surface area contributed by atoms with Gasteiger partial charge in [0.25, 0.3) is 0 Å². The summed E-state index contributed by atoms with van der Waals surface area (Å²) in [5.74, 6) is 0. The molecular formula is C8H6AlN. The van der Waals surface area contributed by atoms with Crippen LogP contribution in [0.5, 0.6) is 0 Å². The molecule has 1 aromatic heterocycles. The number of H-pyrrole nitrogens is 1. The van der Waals surface area contributed by atoms with Crippen molar-refractivity contribution in [2.24, 2.45) is 0 Å². The van der Waals surface area contributed by atoms with Crippen molar-refractivity contribution >= 4 is 31.7 Å². The van der Waals surface area contributed by atoms with E-state index < -0.39 is 0 Å². The predicted octanol–water partition coefficient (Wildman–Crippen LogP) is 0.962. The second kappa shape index (κ2) is 2.16. The summed E-state index contributed by atoms with van der Waals surface area (Å²) in [7, 11) is 0. The number of hydrogen-bond acceptors (Lipinski definition) is 0. The first kappa shape index (κ1) is 6.03. The molecule has 0 aliphatic carbocycles. The Morgan fingerprint density at radius 2 is 2.00 bits per heavy atom. The van der Waals surface area contributed by atoms with E-state index in [-0.39, 0.29) is 0 Å². The molecule has 0 atom stereocenters. The van der Waals surface area contributed by atoms with Crippen molar-refractivity contribution in [2.75, 3.05) is 0 Å². The van der Waals surface area contributed by atoms with E-state index in [9.17, 15) is 0 Å². The lowest BCUT2D eigenvalue weighted by Gasteiger charge is -1.84. The number of nitrogens with one attached hydrogen (secondary N) is 1. The first-order valence-electron chi connectivity index (χ1n) is 3.19. The molecule has 2 aromatic rings. The molecule has 0 spiro atoms. The van der Waals surface area contributed by atoms with Crippen LogP contribution < -0.4 is 4.56 Å². The molecule has 0 saturated carbocycles. The summed E-state index contributed by atoms with van der Waals surface area (Å²) < 4.78 is 1.14. The molecule has 0 unspecified atom stereocenters. The molecule has 0 amide bonds. The third-order valence-corrected chi connectivity index (χ3v) is 1.86. The first-order valence-corrected chi connectivity index (χ1v) is 3.77. The maximum absolute atomic E-state index is 3.22. The summed E-state index contributed by atoms with van der Waals surface area (Å²) in [5, 5.41) is 1.27. The zero-order valence-corrected chi connectivity index (χ0v) is 6.62. The minimum atomic E-state index is 1.14. The molecule has 0 saturated heterocycles. The van der Waals surface area contributed by atoms with Gasteiger partial charge in [0, 0.05) is 5.52 Å². The fourth-order valence-electron chi connectivity index (χ4n) is 1.10. The molecule has 10 heavy (non-hydrogen) atoms. The lowest BCUT2D eigenvalue weighted by Crippen LogP contribution is -1.99. The third-order valence-electron chi connectivity index (χ3n) is 1.55. The van der Waals surface area contributed by atoms with Crippen LogP contribution in [0.15, 0.2) is 30.3 Å². The Balaban J connectivity index is 2.88. The van der Waals surface area contributed by atoms with Gasteiger partial charge < -0.3 is 4.98 Å². The molecular weight excluding hydrogens is 137 g/mol. The molecule has 1 heterocycles. The van der Waals surface area contributed by atoms with E-state index >= 15 is 0 Å². The van der Waals surface area contributed by atoms with Crippen molar-refractivity contribution in [1.29, 1.82) is 0 Å². The molecule has 0 fully saturated rings. The van der Waals surface area contributed by atoms with Crippen molar-refractivity contribution in [3.05, 3.63) is 30.3 Å². The van der Waals surface area contributed by atoms with E-state index in [1.807, 2.05) is 12.1 Å². The minimum Gasteiger partial charge on any atom is -0.377 e. The number of benzene rings is 1. The minimum absolute atomic E-state index is 1.14. The van der Waals surface area contributed by atoms with Crippen molar-refractivity contribution in [3.63, 3.8) is 0 Å². The van der Waals surface area contributed by atoms with Gasteiger partial charge in [0.1, 0.15) is 0 Å². The van der Waals surface area contributed by atoms with Crippen molar-refractivity contribution < 1.29 is 0 Å². The van der Waals surface area contributed by atoms with Crippen molar-refractivity contribution in [3.8, 4) is 0 Å². The van der Waals surface area contributed by atoms with Gasteiger partial charge in [-0.15, -0.1) is 0 Å². The van der Waals surface area contributed by atoms with Crippen LogP contribution in [0.25, 0.3) is 10.9 Å². The number of aromatic nitrogens is 1. The van der Waals surface area contributed by atoms with Gasteiger partial charge >= 0.3 is 0 Å². The van der Waals surface area contributed by atoms with E-state index in [1.54, 1.807) is 0 Å². The molecule has 46 valence electrons. The van der Waals surface area contributed by atoms with Gasteiger partial charge in [0.2, 0.25) is 16.3 Å². The lowest BCUT2D eigenvalue weighted by molar-refractivity contribution is 1.54. The van der Waals surface area contributed by atoms with Crippen LogP contribution in [0.2, 0.25) is 0 Å². The Kier molecular flexibility index (Phi) is 1.30. The van der Waals surface area contributed by atoms with E-state index in [2.05, 4.69) is 39.5 Å². The standard InChI is InChI=1S/C8H6N.Al/c1-2-4-8-7(3-1)5-6-9-8;/h1-5,9H;. The van der Waals surface area contributed by atoms with Crippen LogP contribution in [0, 0.1) is 0 Å². The molecule has 1 nitrogen and oxygen atoms in total. The molecule has 1 aromatic carbocycles. The highest BCUT2D eigenvalue weighted by molar-refractivity contribution is 6.32. The highest BCUT2D eigenvalue weighted by Crippen LogP contribution is 2.07. The molecule has 2 radical (unpaired) electrons. The predicted molar refractivity (Wildman–Crippen MR) is 43.7 cm³/mol. The highest BCUT2D eigenvalue weighted by atomic mass is 27.0. The van der Waals surface area contributed by atoms with Gasteiger partial charge in [-0.25, -0.2) is 0 Å². The maximum atomic E-state index is 3.22. The van der Waals surface area contributed by atoms with Crippen LogP contribution in [0.3, 0.4) is 0 Å². The topological polar surface area (TPSA) is 15.8 Å². The Labute approximate surface area is 67.5 Å². The van der Waals surface area contributed by atoms with Gasteiger partial charge in [-0.2, -0.15) is 0 Å². The number of para-hydroxylation sites is 1. The van der Waals surface area contributed by atoms with Crippen molar-refractivity contribution in [1.82, 2.24) is 4.98 Å². The third kappa shape index (κ3) is 0.863. The van der Waals surface area contributed by atoms with Gasteiger partial charge in [-0.1, -0.05) is 28.8 Å². The van der Waals surface area contributed by atoms with Gasteiger partial charge in [0.15, 0.2) is 0 Å². The average Bonchev–Trinajstić information content (AvgIpc) is 2.27. The quantitative estimate of drug-likeness (QED) is 0.529. The smallest absolute Gasteiger partial charge is 0.205 e. The van der Waals surface area contributed by atoms with Gasteiger partial charge in [-0.3, -0.25) is 0 Å². The van der Waals surface area contributed by atoms with Crippen molar-refractivity contribution in [2.45, 2.75) is 0 Å². The second-order valence-electron chi connectivity index (χ2n) is 2.31. The molecule has 0 aliphatic rings. The fourth-order valence-corrected chi connectivity index (χ4v) is 1.43. The monoisotopic (exact) mass is 143 g/mol. The normalized spacial score (nSPS) is 10.4. The summed E-state index contributed by atoms with van der Waals surface area (Å²) in [6.07, 6.45) is 0. The number of hydrogen-bond donors (Lipinski definition) is 1. The zero-order valence-electron chi connectivity index (χ0n) is 5.46. The van der Waals surface area contributed by atoms with Crippen LogP contribution in [-0.4, -0.2) is 21.3 Å². The summed E-state index contributed by atoms with van der Waals surface area (Å²) in [6, 6.07) is 10.4. The largest absolute Gasteiger partial charge is 0.377 e. The summed E-state index contributed by atoms with van der Waals surface area (Å²) in [4.78, 5) is 3.22. The van der Waals surface area contributed by atoms with Crippen LogP contribution in [-0.2, 0) is 0 Å². The summed E-state index contributed by atoms with van der Waals surface area (Å²) in [5.41, 5.74) is 1.20. The summed E-state index contributed by atoms with van der Waals surface area (Å²) in [6.45, 7) is 0. The molecule has 1 N–H and O–H groups in total. The Bertz CT molecular complexity index is 318. The van der Waals surface area contributed by atoms with E-state index in [0.29, 0.717) is 0 Å². The zero-order chi connectivity index (χ0) is 6.97. The van der Waals surface area contributed by atoms with Crippen LogP contribution in [0.1, 0.15) is 0 Å². The number of fused-ring (bicyclic) bond motifs is 1. The highest BCUT2D eigenvalue weighted by Gasteiger charge is 1.91. The molecule has 2 heteroatoms. The fraction of sp³-hybridized carbons (Fsp3) is 0. The van der Waals surface area contributed by atoms with E-state index in [4.69, 9.17) is 0 Å². The van der Waals surface area contributed by atoms with E-state index in [0.717, 1.165) is 4.56 Å². The Morgan fingerprint density at radius 3 is 2.80 bits per heavy atom. The molecule has 0 bridgehead atoms. The number of rotatable bonds is 0. The first-order chi connectivity index (χ1) is 4.86. The van der Waals surface area contributed by atoms with Crippen LogP contribution >= 0.6 is 0 Å². The SMILES string of the molecule is [Al][c]1cc2ccccc2[nH]1. The van der Waals surface area contributed by atoms with E-state index in [1.165, 1.54) is 10.9 Å². The van der Waals surface area contributed by atoms with Gasteiger partial charge in [-0.05, 0) is 11.5 Å². The number of aromatic amines is 1. The maximum Gasteiger partial charge on any atom is 0.205 e. The average molecular weight is 143 g/mol.